The van der Waals surface area contributed by atoms with Crippen LogP contribution in [0.25, 0.3) is 0 Å². The molecule has 0 aromatic heterocycles. The van der Waals surface area contributed by atoms with Crippen LogP contribution in [0.15, 0.2) is 30.0 Å². The Hall–Kier alpha value is -8.73. The van der Waals surface area contributed by atoms with Gasteiger partial charge in [-0.15, -0.1) is 0 Å². The second-order valence-electron chi connectivity index (χ2n) is 29.5. The summed E-state index contributed by atoms with van der Waals surface area (Å²) in [7, 11) is -1.16. The number of nitrogens with two attached hydrogens (primary N) is 12. The number of rotatable bonds is 59. The summed E-state index contributed by atoms with van der Waals surface area (Å²) in [6.45, 7) is 5.99. The van der Waals surface area contributed by atoms with Crippen molar-refractivity contribution < 1.29 is 90.1 Å². The van der Waals surface area contributed by atoms with E-state index in [1.54, 1.807) is 51.4 Å². The van der Waals surface area contributed by atoms with E-state index in [1.165, 1.54) is 26.1 Å². The number of carbonyl (C=O) groups is 9. The van der Waals surface area contributed by atoms with E-state index >= 15 is 4.57 Å². The lowest BCUT2D eigenvalue weighted by molar-refractivity contribution is -0.147. The molecule has 3 heterocycles. The number of ketones is 3. The minimum absolute atomic E-state index is 0.00670. The van der Waals surface area contributed by atoms with Crippen LogP contribution in [-0.2, 0) is 80.2 Å². The molecule has 0 aromatic rings. The van der Waals surface area contributed by atoms with Gasteiger partial charge in [-0.05, 0) is 119 Å². The molecule has 29 N–H and O–H groups in total. The Morgan fingerprint density at radius 2 is 0.807 bits per heavy atom. The van der Waals surface area contributed by atoms with Crippen LogP contribution in [0.1, 0.15) is 117 Å². The molecule has 119 heavy (non-hydrogen) atoms. The minimum atomic E-state index is -3.90. The highest BCUT2D eigenvalue weighted by Crippen LogP contribution is 2.56. The van der Waals surface area contributed by atoms with E-state index in [9.17, 15) is 47.7 Å². The lowest BCUT2D eigenvalue weighted by Gasteiger charge is -2.44. The van der Waals surface area contributed by atoms with Gasteiger partial charge in [0.15, 0.2) is 53.1 Å². The number of hydrogen-bond acceptors (Lipinski definition) is 25. The number of aliphatic imine (C=N–C) groups is 6. The maximum Gasteiger partial charge on any atom is 0.409 e. The predicted octanol–water partition coefficient (Wildman–Crippen LogP) is -5.52. The van der Waals surface area contributed by atoms with Crippen LogP contribution in [0.4, 0.5) is 4.79 Å². The molecular formula is C70H136N28O19P2. The highest BCUT2D eigenvalue weighted by atomic mass is 31.2. The molecule has 0 aromatic carbocycles. The molecule has 12 atom stereocenters. The Labute approximate surface area is 696 Å². The van der Waals surface area contributed by atoms with Gasteiger partial charge in [0.05, 0.1) is 95.3 Å². The minimum Gasteiger partial charge on any atom is -0.447 e. The third-order valence-corrected chi connectivity index (χ3v) is 24.2. The molecule has 680 valence electrons. The smallest absolute Gasteiger partial charge is 0.409 e. The van der Waals surface area contributed by atoms with E-state index < -0.39 is 154 Å². The number of carbonyl (C=O) groups excluding carboxylic acids is 9. The molecular weight excluding hydrogens is 1600 g/mol. The highest BCUT2D eigenvalue weighted by Gasteiger charge is 2.45. The van der Waals surface area contributed by atoms with E-state index in [2.05, 4.69) is 51.2 Å². The Bertz CT molecular complexity index is 3460. The van der Waals surface area contributed by atoms with Gasteiger partial charge >= 0.3 is 21.4 Å². The Kier molecular flexibility index (Phi) is 49.1. The fraction of sp³-hybridized carbons (Fsp3) is 0.786. The van der Waals surface area contributed by atoms with Crippen LogP contribution in [-0.4, -0.2) is 344 Å². The molecule has 0 saturated carbocycles. The van der Waals surface area contributed by atoms with Crippen LogP contribution < -0.4 is 90.1 Å². The molecule has 3 aliphatic rings. The lowest BCUT2D eigenvalue weighted by Crippen LogP contribution is -2.53. The van der Waals surface area contributed by atoms with Gasteiger partial charge in [0, 0.05) is 136 Å². The predicted molar refractivity (Wildman–Crippen MR) is 448 cm³/mol. The Morgan fingerprint density at radius 3 is 1.19 bits per heavy atom. The summed E-state index contributed by atoms with van der Waals surface area (Å²) < 4.78 is 77.2. The third-order valence-electron chi connectivity index (χ3n) is 19.0. The average Bonchev–Trinajstić information content (AvgIpc) is 0.789. The number of aliphatic hydroxyl groups excluding tert-OH is 1. The number of Topliss-reactive ketones (excluding diaryl/α,β-unsaturated/α-hetero) is 3. The number of morpholine rings is 2. The van der Waals surface area contributed by atoms with Gasteiger partial charge in [-0.25, -0.2) is 23.5 Å². The first-order valence-electron chi connectivity index (χ1n) is 40.0. The number of nitrogens with zero attached hydrogens (tertiary/aromatic N) is 12. The van der Waals surface area contributed by atoms with Crippen LogP contribution >= 0.6 is 15.3 Å². The number of aliphatic hydroxyl groups is 1. The lowest BCUT2D eigenvalue weighted by atomic mass is 9.89. The van der Waals surface area contributed by atoms with Gasteiger partial charge in [0.25, 0.3) is 0 Å². The maximum atomic E-state index is 15.2. The summed E-state index contributed by atoms with van der Waals surface area (Å²) in [5.74, 6) is -9.86. The Morgan fingerprint density at radius 1 is 0.454 bits per heavy atom. The van der Waals surface area contributed by atoms with Crippen molar-refractivity contribution in [2.75, 3.05) is 179 Å². The molecule has 3 saturated heterocycles. The fourth-order valence-electron chi connectivity index (χ4n) is 13.2. The molecule has 0 radical (unpaired) electrons. The summed E-state index contributed by atoms with van der Waals surface area (Å²) in [4.78, 5) is 154. The normalized spacial score (nSPS) is 19.0. The molecule has 0 aliphatic carbocycles. The summed E-state index contributed by atoms with van der Waals surface area (Å²) >= 11 is 0. The van der Waals surface area contributed by atoms with Gasteiger partial charge in [-0.1, -0.05) is 0 Å². The van der Waals surface area contributed by atoms with E-state index in [0.29, 0.717) is 0 Å². The summed E-state index contributed by atoms with van der Waals surface area (Å²) in [5.41, 5.74) is 67.3. The second kappa shape index (κ2) is 56.0. The SMILES string of the molecule is CC(=O)N[C@@H](CCCN=C(N)N)C(=O)C[C@@H](CCCN=C(N)N)C(=O)N[C@@H](CCCN=C(N)N)C(=O)C[C@@H](CCCN=C(N)N)C(=O)N[C@@H](CCCN=C(N)N)C(=O)C[C@@H](CCCN=C(N)N)C(=O)NCC(=O)N1CC(C)O[C@H](COP(=O)(N(C)C)N2C[C@@H](COP(=O)(N(C)C)N3CCN(C(=O)OCCOCCOCCO)CC3)O[C@@H](C)C2)C1. The molecule has 47 nitrogen and oxygen atoms in total. The van der Waals surface area contributed by atoms with Crippen molar-refractivity contribution in [1.29, 1.82) is 0 Å². The van der Waals surface area contributed by atoms with Gasteiger partial charge in [0.1, 0.15) is 6.61 Å². The highest BCUT2D eigenvalue weighted by molar-refractivity contribution is 7.54. The number of nitrogens with one attached hydrogen (secondary N) is 4. The summed E-state index contributed by atoms with van der Waals surface area (Å²) in [5, 5.41) is 19.8. The van der Waals surface area contributed by atoms with Crippen LogP contribution in [0.5, 0.6) is 0 Å². The maximum absolute atomic E-state index is 15.2. The first-order chi connectivity index (χ1) is 56.3. The van der Waals surface area contributed by atoms with E-state index in [0.717, 1.165) is 0 Å². The van der Waals surface area contributed by atoms with Crippen LogP contribution in [0.3, 0.4) is 0 Å². The first-order valence-corrected chi connectivity index (χ1v) is 43.0. The zero-order valence-electron chi connectivity index (χ0n) is 70.1. The van der Waals surface area contributed by atoms with Gasteiger partial charge in [-0.3, -0.25) is 77.4 Å². The average molecular weight is 1740 g/mol. The van der Waals surface area contributed by atoms with Crippen molar-refractivity contribution in [3.05, 3.63) is 0 Å². The number of hydrogen-bond donors (Lipinski definition) is 17. The number of amides is 6. The number of piperazine rings is 1. The zero-order chi connectivity index (χ0) is 88.8. The van der Waals surface area contributed by atoms with Crippen molar-refractivity contribution >= 4 is 104 Å². The molecule has 49 heteroatoms. The fourth-order valence-corrected chi connectivity index (χ4v) is 17.2. The topological polar surface area (TPSA) is 727 Å². The van der Waals surface area contributed by atoms with Crippen molar-refractivity contribution in [2.24, 2.45) is 117 Å². The van der Waals surface area contributed by atoms with E-state index in [1.807, 2.05) is 0 Å². The van der Waals surface area contributed by atoms with Gasteiger partial charge < -0.3 is 138 Å². The van der Waals surface area contributed by atoms with Crippen molar-refractivity contribution in [3.63, 3.8) is 0 Å². The number of guanidine groups is 6. The summed E-state index contributed by atoms with van der Waals surface area (Å²) in [6, 6.07) is -3.71. The third kappa shape index (κ3) is 41.4. The van der Waals surface area contributed by atoms with E-state index in [-0.39, 0.29) is 257 Å². The van der Waals surface area contributed by atoms with Crippen molar-refractivity contribution in [3.8, 4) is 0 Å². The van der Waals surface area contributed by atoms with E-state index in [4.69, 9.17) is 107 Å². The second-order valence-corrected chi connectivity index (χ2v) is 34.7. The standard InChI is InChI=1S/C70H136N28O19P2/c1-46-40-96(42-52(116-46)44-115-119(110,94(6)7)98-41-47(2)117-53(43-98)45-114-118(109,93(4)5)97-28-26-95(27-29-97)70(108)113-35-34-112-33-32-111-31-30-99)60(104)39-89-61(105)49(14-8-20-83-64(71)72)36-58(102)55(18-12-24-87-68(79)80)91-63(107)51(16-10-22-85-66(75)76)38-59(103)56(19-13-25-88-69(81)82)92-62(106)50(15-9-21-84-65(73)74)37-57(101)54(90-48(3)100)17-11-23-86-67(77)78/h46-47,49-56,99H,8-45H2,1-7H3,(H,89,105)(H,90,100)(H,91,107)(H,92,106)(H4,71,72,83)(H4,73,74,84)(H4,75,76,85)(H4,77,78,86)(H4,79,80,87)(H4,81,82,88)/t46?,47-,49+,50+,51+,52-,53-,54-,55-,56-,118?,119?/m0/s1. The summed E-state index contributed by atoms with van der Waals surface area (Å²) in [6.07, 6.45) is -3.57. The van der Waals surface area contributed by atoms with Crippen LogP contribution in [0.2, 0.25) is 0 Å². The first kappa shape index (κ1) is 104. The molecule has 0 spiro atoms. The van der Waals surface area contributed by atoms with Crippen molar-refractivity contribution in [2.45, 2.75) is 160 Å². The van der Waals surface area contributed by atoms with Crippen molar-refractivity contribution in [1.82, 2.24) is 49.7 Å². The molecule has 3 unspecified atom stereocenters. The quantitative estimate of drug-likeness (QED) is 0.0117. The van der Waals surface area contributed by atoms with Crippen LogP contribution in [0, 0.1) is 17.8 Å². The molecule has 6 amide bonds. The monoisotopic (exact) mass is 1740 g/mol. The van der Waals surface area contributed by atoms with Gasteiger partial charge in [-0.2, -0.15) is 0 Å². The zero-order valence-corrected chi connectivity index (χ0v) is 71.9. The molecule has 0 bridgehead atoms. The number of ether oxygens (including phenoxy) is 5. The largest absolute Gasteiger partial charge is 0.447 e. The molecule has 3 fully saturated rings. The Balaban J connectivity index is 1.87. The molecule has 3 rings (SSSR count). The van der Waals surface area contributed by atoms with Gasteiger partial charge in [0.2, 0.25) is 29.5 Å². The molecule has 3 aliphatic heterocycles.